The van der Waals surface area contributed by atoms with Gasteiger partial charge in [0.05, 0.1) is 17.3 Å². The lowest BCUT2D eigenvalue weighted by atomic mass is 10.1. The molecule has 0 spiro atoms. The predicted octanol–water partition coefficient (Wildman–Crippen LogP) is 3.31. The first-order valence-corrected chi connectivity index (χ1v) is 7.75. The molecular weight excluding hydrogens is 272 g/mol. The van der Waals surface area contributed by atoms with Gasteiger partial charge < -0.3 is 15.0 Å². The summed E-state index contributed by atoms with van der Waals surface area (Å²) < 4.78 is 5.07. The van der Waals surface area contributed by atoms with Crippen LogP contribution in [0.5, 0.6) is 0 Å². The Morgan fingerprint density at radius 3 is 2.85 bits per heavy atom. The lowest BCUT2D eigenvalue weighted by Crippen LogP contribution is -2.29. The maximum absolute atomic E-state index is 6.47. The average Bonchev–Trinajstić information content (AvgIpc) is 2.74. The molecule has 112 valence electrons. The molecule has 1 aliphatic heterocycles. The number of rotatable bonds is 6. The fourth-order valence-electron chi connectivity index (χ4n) is 3.03. The van der Waals surface area contributed by atoms with Crippen molar-refractivity contribution in [3.63, 3.8) is 0 Å². The van der Waals surface area contributed by atoms with Crippen molar-refractivity contribution in [2.75, 3.05) is 31.7 Å². The summed E-state index contributed by atoms with van der Waals surface area (Å²) >= 11 is 6.47. The SMILES string of the molecule is COCCNCc1cccc(Cl)c1N1CC(C)CC1C. The fourth-order valence-corrected chi connectivity index (χ4v) is 3.34. The molecule has 1 aromatic carbocycles. The summed E-state index contributed by atoms with van der Waals surface area (Å²) in [5.41, 5.74) is 2.48. The number of ether oxygens (including phenoxy) is 1. The lowest BCUT2D eigenvalue weighted by molar-refractivity contribution is 0.199. The average molecular weight is 297 g/mol. The van der Waals surface area contributed by atoms with Gasteiger partial charge in [-0.1, -0.05) is 30.7 Å². The van der Waals surface area contributed by atoms with E-state index in [0.29, 0.717) is 6.04 Å². The number of halogens is 1. The fraction of sp³-hybridized carbons (Fsp3) is 0.625. The molecule has 0 aliphatic carbocycles. The highest BCUT2D eigenvalue weighted by molar-refractivity contribution is 6.33. The molecule has 1 aliphatic rings. The molecule has 2 unspecified atom stereocenters. The van der Waals surface area contributed by atoms with Gasteiger partial charge in [0, 0.05) is 32.8 Å². The van der Waals surface area contributed by atoms with Gasteiger partial charge in [-0.15, -0.1) is 0 Å². The van der Waals surface area contributed by atoms with Crippen molar-refractivity contribution < 1.29 is 4.74 Å². The molecule has 1 heterocycles. The number of nitrogens with one attached hydrogen (secondary N) is 1. The van der Waals surface area contributed by atoms with Crippen LogP contribution in [0.25, 0.3) is 0 Å². The van der Waals surface area contributed by atoms with E-state index in [1.807, 2.05) is 12.1 Å². The van der Waals surface area contributed by atoms with Gasteiger partial charge in [0.15, 0.2) is 0 Å². The smallest absolute Gasteiger partial charge is 0.0643 e. The number of benzene rings is 1. The van der Waals surface area contributed by atoms with Crippen LogP contribution in [0.1, 0.15) is 25.8 Å². The van der Waals surface area contributed by atoms with E-state index < -0.39 is 0 Å². The molecule has 1 fully saturated rings. The van der Waals surface area contributed by atoms with E-state index in [1.54, 1.807) is 7.11 Å². The third-order valence-corrected chi connectivity index (χ3v) is 4.24. The zero-order valence-electron chi connectivity index (χ0n) is 12.7. The van der Waals surface area contributed by atoms with E-state index in [2.05, 4.69) is 30.1 Å². The minimum atomic E-state index is 0.558. The molecule has 0 radical (unpaired) electrons. The molecule has 0 saturated carbocycles. The summed E-state index contributed by atoms with van der Waals surface area (Å²) in [5.74, 6) is 0.732. The maximum Gasteiger partial charge on any atom is 0.0643 e. The highest BCUT2D eigenvalue weighted by Gasteiger charge is 2.28. The lowest BCUT2D eigenvalue weighted by Gasteiger charge is -2.28. The Kier molecular flexibility index (Phi) is 5.70. The van der Waals surface area contributed by atoms with Gasteiger partial charge in [-0.2, -0.15) is 0 Å². The highest BCUT2D eigenvalue weighted by atomic mass is 35.5. The Balaban J connectivity index is 2.14. The van der Waals surface area contributed by atoms with Gasteiger partial charge in [-0.05, 0) is 30.9 Å². The van der Waals surface area contributed by atoms with Gasteiger partial charge in [-0.25, -0.2) is 0 Å². The largest absolute Gasteiger partial charge is 0.383 e. The Morgan fingerprint density at radius 2 is 2.20 bits per heavy atom. The molecular formula is C16H25ClN2O. The minimum Gasteiger partial charge on any atom is -0.383 e. The number of hydrogen-bond donors (Lipinski definition) is 1. The van der Waals surface area contributed by atoms with Crippen LogP contribution in [-0.4, -0.2) is 32.8 Å². The van der Waals surface area contributed by atoms with E-state index >= 15 is 0 Å². The van der Waals surface area contributed by atoms with Crippen LogP contribution in [0.15, 0.2) is 18.2 Å². The van der Waals surface area contributed by atoms with Crippen molar-refractivity contribution in [2.45, 2.75) is 32.9 Å². The first kappa shape index (κ1) is 15.6. The van der Waals surface area contributed by atoms with E-state index in [0.717, 1.165) is 37.2 Å². The van der Waals surface area contributed by atoms with Crippen LogP contribution < -0.4 is 10.2 Å². The van der Waals surface area contributed by atoms with Crippen molar-refractivity contribution in [3.8, 4) is 0 Å². The van der Waals surface area contributed by atoms with Crippen molar-refractivity contribution in [3.05, 3.63) is 28.8 Å². The summed E-state index contributed by atoms with van der Waals surface area (Å²) in [6, 6.07) is 6.74. The molecule has 0 aromatic heterocycles. The molecule has 0 bridgehead atoms. The predicted molar refractivity (Wildman–Crippen MR) is 85.6 cm³/mol. The second kappa shape index (κ2) is 7.30. The quantitative estimate of drug-likeness (QED) is 0.815. The number of nitrogens with zero attached hydrogens (tertiary/aromatic N) is 1. The summed E-state index contributed by atoms with van der Waals surface area (Å²) in [6.07, 6.45) is 1.24. The maximum atomic E-state index is 6.47. The van der Waals surface area contributed by atoms with Crippen LogP contribution >= 0.6 is 11.6 Å². The molecule has 1 aromatic rings. The van der Waals surface area contributed by atoms with E-state index in [9.17, 15) is 0 Å². The van der Waals surface area contributed by atoms with Crippen molar-refractivity contribution in [1.82, 2.24) is 5.32 Å². The molecule has 4 heteroatoms. The standard InChI is InChI=1S/C16H25ClN2O/c1-12-9-13(2)19(11-12)16-14(5-4-6-15(16)17)10-18-7-8-20-3/h4-6,12-13,18H,7-11H2,1-3H3. The first-order valence-electron chi connectivity index (χ1n) is 7.37. The van der Waals surface area contributed by atoms with Gasteiger partial charge in [0.2, 0.25) is 0 Å². The zero-order chi connectivity index (χ0) is 14.5. The van der Waals surface area contributed by atoms with Crippen molar-refractivity contribution in [2.24, 2.45) is 5.92 Å². The number of anilines is 1. The Labute approximate surface area is 127 Å². The number of hydrogen-bond acceptors (Lipinski definition) is 3. The van der Waals surface area contributed by atoms with Crippen molar-refractivity contribution in [1.29, 1.82) is 0 Å². The van der Waals surface area contributed by atoms with Gasteiger partial charge in [-0.3, -0.25) is 0 Å². The van der Waals surface area contributed by atoms with Gasteiger partial charge >= 0.3 is 0 Å². The Morgan fingerprint density at radius 1 is 1.40 bits per heavy atom. The normalized spacial score (nSPS) is 22.5. The molecule has 3 nitrogen and oxygen atoms in total. The molecule has 20 heavy (non-hydrogen) atoms. The molecule has 2 rings (SSSR count). The second-order valence-corrected chi connectivity index (χ2v) is 6.17. The molecule has 1 saturated heterocycles. The number of para-hydroxylation sites is 1. The molecule has 0 amide bonds. The summed E-state index contributed by atoms with van der Waals surface area (Å²) in [6.45, 7) is 8.10. The first-order chi connectivity index (χ1) is 9.63. The van der Waals surface area contributed by atoms with E-state index in [4.69, 9.17) is 16.3 Å². The third-order valence-electron chi connectivity index (χ3n) is 3.94. The summed E-state index contributed by atoms with van der Waals surface area (Å²) in [5, 5.41) is 4.27. The monoisotopic (exact) mass is 296 g/mol. The van der Waals surface area contributed by atoms with Gasteiger partial charge in [0.25, 0.3) is 0 Å². The van der Waals surface area contributed by atoms with Crippen LogP contribution in [0.3, 0.4) is 0 Å². The summed E-state index contributed by atoms with van der Waals surface area (Å²) in [7, 11) is 1.72. The third kappa shape index (κ3) is 3.66. The van der Waals surface area contributed by atoms with Crippen molar-refractivity contribution >= 4 is 17.3 Å². The summed E-state index contributed by atoms with van der Waals surface area (Å²) in [4.78, 5) is 2.46. The van der Waals surface area contributed by atoms with Crippen LogP contribution in [0, 0.1) is 5.92 Å². The molecule has 1 N–H and O–H groups in total. The van der Waals surface area contributed by atoms with Gasteiger partial charge in [0.1, 0.15) is 0 Å². The zero-order valence-corrected chi connectivity index (χ0v) is 13.4. The Hall–Kier alpha value is -0.770. The minimum absolute atomic E-state index is 0.558. The molecule has 2 atom stereocenters. The highest BCUT2D eigenvalue weighted by Crippen LogP contribution is 2.36. The van der Waals surface area contributed by atoms with Crippen LogP contribution in [-0.2, 0) is 11.3 Å². The van der Waals surface area contributed by atoms with E-state index in [1.165, 1.54) is 17.7 Å². The Bertz CT molecular complexity index is 438. The topological polar surface area (TPSA) is 24.5 Å². The second-order valence-electron chi connectivity index (χ2n) is 5.76. The van der Waals surface area contributed by atoms with Crippen LogP contribution in [0.4, 0.5) is 5.69 Å². The number of methoxy groups -OCH3 is 1. The van der Waals surface area contributed by atoms with E-state index in [-0.39, 0.29) is 0 Å². The van der Waals surface area contributed by atoms with Crippen LogP contribution in [0.2, 0.25) is 5.02 Å².